The van der Waals surface area contributed by atoms with Crippen molar-refractivity contribution in [2.45, 2.75) is 18.6 Å². The predicted octanol–water partition coefficient (Wildman–Crippen LogP) is 2.42. The molecule has 0 aliphatic carbocycles. The minimum absolute atomic E-state index is 0.0906. The molecule has 1 unspecified atom stereocenters. The molecule has 2 aromatic rings. The number of aromatic hydroxyl groups is 2. The standard InChI is InChI=1S/C17H19NO4/c1-21-11-4-2-3-10(7-11)15-8-13-12(16(9-18)22-15)5-6-14(19)17(13)20/h2-7,15-16,19-20H,8-9,18H2,1H3/t15?,16-/m0/s1. The van der Waals surface area contributed by atoms with Crippen molar-refractivity contribution in [2.24, 2.45) is 5.73 Å². The summed E-state index contributed by atoms with van der Waals surface area (Å²) in [5.41, 5.74) is 8.28. The third-order valence-electron chi connectivity index (χ3n) is 4.04. The number of ether oxygens (including phenoxy) is 2. The number of methoxy groups -OCH3 is 1. The Morgan fingerprint density at radius 2 is 2.09 bits per heavy atom. The van der Waals surface area contributed by atoms with Crippen LogP contribution >= 0.6 is 0 Å². The maximum Gasteiger partial charge on any atom is 0.161 e. The number of fused-ring (bicyclic) bond motifs is 1. The van der Waals surface area contributed by atoms with Gasteiger partial charge in [-0.3, -0.25) is 0 Å². The van der Waals surface area contributed by atoms with Gasteiger partial charge in [0.2, 0.25) is 0 Å². The lowest BCUT2D eigenvalue weighted by Gasteiger charge is -2.32. The molecule has 0 aromatic heterocycles. The summed E-state index contributed by atoms with van der Waals surface area (Å²) in [5, 5.41) is 19.9. The van der Waals surface area contributed by atoms with Gasteiger partial charge >= 0.3 is 0 Å². The van der Waals surface area contributed by atoms with Gasteiger partial charge in [-0.2, -0.15) is 0 Å². The lowest BCUT2D eigenvalue weighted by molar-refractivity contribution is -0.0231. The van der Waals surface area contributed by atoms with E-state index in [0.717, 1.165) is 16.9 Å². The quantitative estimate of drug-likeness (QED) is 0.758. The van der Waals surface area contributed by atoms with Crippen LogP contribution in [0.15, 0.2) is 36.4 Å². The Bertz CT molecular complexity index is 686. The summed E-state index contributed by atoms with van der Waals surface area (Å²) in [5.74, 6) is 0.532. The predicted molar refractivity (Wildman–Crippen MR) is 82.1 cm³/mol. The highest BCUT2D eigenvalue weighted by Gasteiger charge is 2.30. The first-order valence-corrected chi connectivity index (χ1v) is 7.17. The smallest absolute Gasteiger partial charge is 0.161 e. The SMILES string of the molecule is COc1cccc(C2Cc3c(ccc(O)c3O)[C@H](CN)O2)c1. The van der Waals surface area contributed by atoms with Crippen molar-refractivity contribution in [3.63, 3.8) is 0 Å². The Kier molecular flexibility index (Phi) is 3.92. The molecule has 0 amide bonds. The molecule has 0 spiro atoms. The van der Waals surface area contributed by atoms with Crippen molar-refractivity contribution in [3.05, 3.63) is 53.1 Å². The first-order chi connectivity index (χ1) is 10.6. The third kappa shape index (κ3) is 2.49. The average Bonchev–Trinajstić information content (AvgIpc) is 2.57. The van der Waals surface area contributed by atoms with E-state index in [1.54, 1.807) is 13.2 Å². The summed E-state index contributed by atoms with van der Waals surface area (Å²) >= 11 is 0. The Balaban J connectivity index is 2.01. The molecule has 4 N–H and O–H groups in total. The zero-order chi connectivity index (χ0) is 15.7. The van der Waals surface area contributed by atoms with E-state index < -0.39 is 0 Å². The van der Waals surface area contributed by atoms with E-state index in [0.29, 0.717) is 18.5 Å². The minimum atomic E-state index is -0.313. The second-order valence-corrected chi connectivity index (χ2v) is 5.33. The van der Waals surface area contributed by atoms with Gasteiger partial charge in [-0.15, -0.1) is 0 Å². The van der Waals surface area contributed by atoms with E-state index in [9.17, 15) is 10.2 Å². The molecule has 116 valence electrons. The highest BCUT2D eigenvalue weighted by molar-refractivity contribution is 5.51. The molecule has 3 rings (SSSR count). The van der Waals surface area contributed by atoms with E-state index in [1.165, 1.54) is 6.07 Å². The first-order valence-electron chi connectivity index (χ1n) is 7.17. The fourth-order valence-electron chi connectivity index (χ4n) is 2.88. The van der Waals surface area contributed by atoms with Crippen molar-refractivity contribution >= 4 is 0 Å². The highest BCUT2D eigenvalue weighted by atomic mass is 16.5. The average molecular weight is 301 g/mol. The highest BCUT2D eigenvalue weighted by Crippen LogP contribution is 2.43. The van der Waals surface area contributed by atoms with Crippen LogP contribution in [0.5, 0.6) is 17.2 Å². The Morgan fingerprint density at radius 1 is 1.27 bits per heavy atom. The summed E-state index contributed by atoms with van der Waals surface area (Å²) in [6, 6.07) is 10.8. The van der Waals surface area contributed by atoms with Crippen LogP contribution in [0, 0.1) is 0 Å². The third-order valence-corrected chi connectivity index (χ3v) is 4.04. The van der Waals surface area contributed by atoms with Crippen LogP contribution < -0.4 is 10.5 Å². The van der Waals surface area contributed by atoms with E-state index in [2.05, 4.69) is 0 Å². The van der Waals surface area contributed by atoms with Crippen LogP contribution in [0.4, 0.5) is 0 Å². The van der Waals surface area contributed by atoms with Crippen molar-refractivity contribution in [1.29, 1.82) is 0 Å². The summed E-state index contributed by atoms with van der Waals surface area (Å²) in [7, 11) is 1.61. The molecular weight excluding hydrogens is 282 g/mol. The summed E-state index contributed by atoms with van der Waals surface area (Å²) in [4.78, 5) is 0. The van der Waals surface area contributed by atoms with Gasteiger partial charge in [0.15, 0.2) is 11.5 Å². The molecule has 0 saturated heterocycles. The van der Waals surface area contributed by atoms with E-state index >= 15 is 0 Å². The van der Waals surface area contributed by atoms with E-state index in [-0.39, 0.29) is 23.7 Å². The topological polar surface area (TPSA) is 84.9 Å². The molecule has 2 aromatic carbocycles. The number of benzene rings is 2. The maximum atomic E-state index is 10.2. The molecule has 0 saturated carbocycles. The van der Waals surface area contributed by atoms with Crippen molar-refractivity contribution in [1.82, 2.24) is 0 Å². The van der Waals surface area contributed by atoms with Gasteiger partial charge in [0.25, 0.3) is 0 Å². The molecule has 22 heavy (non-hydrogen) atoms. The zero-order valence-corrected chi connectivity index (χ0v) is 12.3. The Morgan fingerprint density at radius 3 is 2.82 bits per heavy atom. The number of hydrogen-bond donors (Lipinski definition) is 3. The summed E-state index contributed by atoms with van der Waals surface area (Å²) < 4.78 is 11.3. The molecule has 5 nitrogen and oxygen atoms in total. The van der Waals surface area contributed by atoms with Gasteiger partial charge in [0.1, 0.15) is 5.75 Å². The largest absolute Gasteiger partial charge is 0.504 e. The molecule has 0 bridgehead atoms. The molecule has 0 fully saturated rings. The van der Waals surface area contributed by atoms with Crippen LogP contribution in [-0.4, -0.2) is 23.9 Å². The fraction of sp³-hybridized carbons (Fsp3) is 0.294. The zero-order valence-electron chi connectivity index (χ0n) is 12.3. The number of nitrogens with two attached hydrogens (primary N) is 1. The maximum absolute atomic E-state index is 10.2. The number of phenolic OH excluding ortho intramolecular Hbond substituents is 2. The van der Waals surface area contributed by atoms with Gasteiger partial charge in [0.05, 0.1) is 19.3 Å². The lowest BCUT2D eigenvalue weighted by Crippen LogP contribution is -2.25. The number of rotatable bonds is 3. The van der Waals surface area contributed by atoms with E-state index in [4.69, 9.17) is 15.2 Å². The van der Waals surface area contributed by atoms with Crippen molar-refractivity contribution in [2.75, 3.05) is 13.7 Å². The number of hydrogen-bond acceptors (Lipinski definition) is 5. The van der Waals surface area contributed by atoms with Gasteiger partial charge in [0, 0.05) is 18.5 Å². The van der Waals surface area contributed by atoms with Crippen LogP contribution in [-0.2, 0) is 11.2 Å². The van der Waals surface area contributed by atoms with Crippen LogP contribution in [0.3, 0.4) is 0 Å². The molecule has 2 atom stereocenters. The Labute approximate surface area is 128 Å². The van der Waals surface area contributed by atoms with E-state index in [1.807, 2.05) is 24.3 Å². The van der Waals surface area contributed by atoms with Crippen molar-refractivity contribution < 1.29 is 19.7 Å². The minimum Gasteiger partial charge on any atom is -0.504 e. The molecule has 1 heterocycles. The first kappa shape index (κ1) is 14.7. The lowest BCUT2D eigenvalue weighted by atomic mass is 9.90. The van der Waals surface area contributed by atoms with Gasteiger partial charge < -0.3 is 25.4 Å². The molecular formula is C17H19NO4. The summed E-state index contributed by atoms with van der Waals surface area (Å²) in [6.45, 7) is 0.303. The second-order valence-electron chi connectivity index (χ2n) is 5.33. The normalized spacial score (nSPS) is 20.5. The molecule has 5 heteroatoms. The van der Waals surface area contributed by atoms with Crippen molar-refractivity contribution in [3.8, 4) is 17.2 Å². The van der Waals surface area contributed by atoms with Gasteiger partial charge in [-0.1, -0.05) is 18.2 Å². The van der Waals surface area contributed by atoms with Gasteiger partial charge in [-0.05, 0) is 29.3 Å². The van der Waals surface area contributed by atoms with Crippen LogP contribution in [0.2, 0.25) is 0 Å². The monoisotopic (exact) mass is 301 g/mol. The molecule has 1 aliphatic heterocycles. The molecule has 1 aliphatic rings. The summed E-state index contributed by atoms with van der Waals surface area (Å²) in [6.07, 6.45) is -0.0884. The molecule has 0 radical (unpaired) electrons. The second kappa shape index (κ2) is 5.87. The Hall–Kier alpha value is -2.24. The number of phenols is 2. The van der Waals surface area contributed by atoms with Crippen LogP contribution in [0.25, 0.3) is 0 Å². The van der Waals surface area contributed by atoms with Gasteiger partial charge in [-0.25, -0.2) is 0 Å². The fourth-order valence-corrected chi connectivity index (χ4v) is 2.88. The van der Waals surface area contributed by atoms with Crippen LogP contribution in [0.1, 0.15) is 28.9 Å².